The van der Waals surface area contributed by atoms with Crippen LogP contribution in [0.4, 0.5) is 0 Å². The monoisotopic (exact) mass is 276 g/mol. The minimum Gasteiger partial charge on any atom is -0.329 e. The van der Waals surface area contributed by atoms with Crippen molar-refractivity contribution in [2.75, 3.05) is 31.6 Å². The summed E-state index contributed by atoms with van der Waals surface area (Å²) in [6.07, 6.45) is 7.98. The lowest BCUT2D eigenvalue weighted by Crippen LogP contribution is -2.52. The van der Waals surface area contributed by atoms with Crippen LogP contribution in [0.15, 0.2) is 0 Å². The first-order valence-corrected chi connectivity index (χ1v) is 9.12. The van der Waals surface area contributed by atoms with Crippen LogP contribution < -0.4 is 5.73 Å². The lowest BCUT2D eigenvalue weighted by Gasteiger charge is -2.40. The molecule has 0 heterocycles. The molecule has 0 amide bonds. The van der Waals surface area contributed by atoms with Crippen molar-refractivity contribution in [1.82, 2.24) is 4.90 Å². The van der Waals surface area contributed by atoms with Gasteiger partial charge in [-0.3, -0.25) is 4.90 Å². The minimum atomic E-state index is -2.84. The van der Waals surface area contributed by atoms with Crippen LogP contribution in [0.25, 0.3) is 0 Å². The maximum Gasteiger partial charge on any atom is 0.147 e. The molecule has 1 aliphatic rings. The molecule has 0 saturated heterocycles. The fraction of sp³-hybridized carbons (Fsp3) is 1.00. The molecule has 0 spiro atoms. The zero-order chi connectivity index (χ0) is 13.6. The number of nitrogens with zero attached hydrogens (tertiary/aromatic N) is 1. The van der Waals surface area contributed by atoms with Gasteiger partial charge in [0.2, 0.25) is 0 Å². The second-order valence-corrected chi connectivity index (χ2v) is 7.87. The lowest BCUT2D eigenvalue weighted by atomic mass is 9.94. The number of nitrogens with two attached hydrogens (primary N) is 1. The van der Waals surface area contributed by atoms with Gasteiger partial charge in [-0.15, -0.1) is 0 Å². The Balaban J connectivity index is 2.58. The van der Waals surface area contributed by atoms with Gasteiger partial charge in [0.05, 0.1) is 5.75 Å². The summed E-state index contributed by atoms with van der Waals surface area (Å²) in [7, 11) is -2.84. The van der Waals surface area contributed by atoms with E-state index in [1.165, 1.54) is 31.9 Å². The Kier molecular flexibility index (Phi) is 6.08. The predicted molar refractivity (Wildman–Crippen MR) is 76.4 cm³/mol. The average molecular weight is 276 g/mol. The maximum atomic E-state index is 11.2. The van der Waals surface area contributed by atoms with Crippen LogP contribution in [0.3, 0.4) is 0 Å². The van der Waals surface area contributed by atoms with Crippen molar-refractivity contribution in [2.24, 2.45) is 5.73 Å². The zero-order valence-electron chi connectivity index (χ0n) is 11.8. The van der Waals surface area contributed by atoms with Gasteiger partial charge in [-0.1, -0.05) is 19.8 Å². The van der Waals surface area contributed by atoms with Crippen LogP contribution in [0.5, 0.6) is 0 Å². The van der Waals surface area contributed by atoms with Gasteiger partial charge in [0.1, 0.15) is 9.84 Å². The summed E-state index contributed by atoms with van der Waals surface area (Å²) in [4.78, 5) is 2.45. The van der Waals surface area contributed by atoms with Crippen LogP contribution in [0, 0.1) is 0 Å². The van der Waals surface area contributed by atoms with Crippen molar-refractivity contribution in [3.05, 3.63) is 0 Å². The molecule has 1 fully saturated rings. The minimum absolute atomic E-state index is 0.146. The topological polar surface area (TPSA) is 63.4 Å². The van der Waals surface area contributed by atoms with Crippen molar-refractivity contribution in [3.8, 4) is 0 Å². The second-order valence-electron chi connectivity index (χ2n) is 5.61. The molecule has 0 atom stereocenters. The summed E-state index contributed by atoms with van der Waals surface area (Å²) in [6.45, 7) is 4.76. The van der Waals surface area contributed by atoms with Gasteiger partial charge in [-0.25, -0.2) is 8.42 Å². The fourth-order valence-corrected chi connectivity index (χ4v) is 3.71. The molecule has 1 aliphatic carbocycles. The Bertz CT molecular complexity index is 335. The molecule has 0 unspecified atom stereocenters. The summed E-state index contributed by atoms with van der Waals surface area (Å²) in [6, 6.07) is 0. The third-order valence-corrected chi connectivity index (χ3v) is 5.05. The molecule has 2 N–H and O–H groups in total. The smallest absolute Gasteiger partial charge is 0.147 e. The van der Waals surface area contributed by atoms with Crippen LogP contribution >= 0.6 is 0 Å². The SMILES string of the molecule is CCCN(CCCS(C)(=O)=O)C1(CN)CCCC1. The molecule has 1 rings (SSSR count). The molecule has 0 aromatic carbocycles. The van der Waals surface area contributed by atoms with E-state index in [4.69, 9.17) is 5.73 Å². The van der Waals surface area contributed by atoms with E-state index in [1.54, 1.807) is 0 Å². The molecule has 0 aliphatic heterocycles. The molecular formula is C13H28N2O2S. The van der Waals surface area contributed by atoms with Crippen LogP contribution in [0.1, 0.15) is 45.4 Å². The van der Waals surface area contributed by atoms with Crippen LogP contribution in [0.2, 0.25) is 0 Å². The van der Waals surface area contributed by atoms with Gasteiger partial charge in [0.15, 0.2) is 0 Å². The third kappa shape index (κ3) is 4.52. The van der Waals surface area contributed by atoms with E-state index in [2.05, 4.69) is 11.8 Å². The van der Waals surface area contributed by atoms with Crippen molar-refractivity contribution < 1.29 is 8.42 Å². The van der Waals surface area contributed by atoms with Crippen LogP contribution in [-0.4, -0.2) is 50.5 Å². The van der Waals surface area contributed by atoms with E-state index in [-0.39, 0.29) is 11.3 Å². The summed E-state index contributed by atoms with van der Waals surface area (Å²) in [5.74, 6) is 0.286. The van der Waals surface area contributed by atoms with Gasteiger partial charge in [0.25, 0.3) is 0 Å². The Hall–Kier alpha value is -0.130. The first kappa shape index (κ1) is 15.9. The normalized spacial score (nSPS) is 19.6. The van der Waals surface area contributed by atoms with Gasteiger partial charge >= 0.3 is 0 Å². The van der Waals surface area contributed by atoms with E-state index < -0.39 is 9.84 Å². The fourth-order valence-electron chi connectivity index (χ4n) is 3.06. The Morgan fingerprint density at radius 3 is 2.28 bits per heavy atom. The third-order valence-electron chi connectivity index (χ3n) is 4.02. The number of rotatable bonds is 8. The summed E-state index contributed by atoms with van der Waals surface area (Å²) in [5, 5.41) is 0. The summed E-state index contributed by atoms with van der Waals surface area (Å²) < 4.78 is 22.4. The van der Waals surface area contributed by atoms with Gasteiger partial charge in [0, 0.05) is 18.3 Å². The average Bonchev–Trinajstić information content (AvgIpc) is 2.76. The van der Waals surface area contributed by atoms with E-state index >= 15 is 0 Å². The molecule has 0 radical (unpaired) electrons. The van der Waals surface area contributed by atoms with Crippen LogP contribution in [-0.2, 0) is 9.84 Å². The summed E-state index contributed by atoms with van der Waals surface area (Å²) in [5.41, 5.74) is 6.14. The predicted octanol–water partition coefficient (Wildman–Crippen LogP) is 1.40. The Morgan fingerprint density at radius 1 is 1.22 bits per heavy atom. The van der Waals surface area contributed by atoms with Crippen molar-refractivity contribution in [2.45, 2.75) is 51.0 Å². The standard InChI is InChI=1S/C13H28N2O2S/c1-3-9-15(10-6-11-18(2,16)17)13(12-14)7-4-5-8-13/h3-12,14H2,1-2H3. The maximum absolute atomic E-state index is 11.2. The van der Waals surface area contributed by atoms with E-state index in [0.29, 0.717) is 6.54 Å². The highest BCUT2D eigenvalue weighted by Crippen LogP contribution is 2.34. The molecule has 108 valence electrons. The van der Waals surface area contributed by atoms with Gasteiger partial charge in [-0.2, -0.15) is 0 Å². The molecule has 0 aromatic rings. The number of hydrogen-bond acceptors (Lipinski definition) is 4. The van der Waals surface area contributed by atoms with E-state index in [0.717, 1.165) is 25.9 Å². The lowest BCUT2D eigenvalue weighted by molar-refractivity contribution is 0.0990. The molecule has 0 aromatic heterocycles. The highest BCUT2D eigenvalue weighted by atomic mass is 32.2. The van der Waals surface area contributed by atoms with Gasteiger partial charge < -0.3 is 5.73 Å². The van der Waals surface area contributed by atoms with Crippen molar-refractivity contribution in [3.63, 3.8) is 0 Å². The Morgan fingerprint density at radius 2 is 1.83 bits per heavy atom. The molecule has 5 heteroatoms. The molecule has 4 nitrogen and oxygen atoms in total. The van der Waals surface area contributed by atoms with Gasteiger partial charge in [-0.05, 0) is 38.8 Å². The first-order chi connectivity index (χ1) is 8.43. The molecule has 0 bridgehead atoms. The highest BCUT2D eigenvalue weighted by Gasteiger charge is 2.37. The number of sulfone groups is 1. The Labute approximate surface area is 112 Å². The molecule has 1 saturated carbocycles. The molecule has 18 heavy (non-hydrogen) atoms. The summed E-state index contributed by atoms with van der Waals surface area (Å²) >= 11 is 0. The zero-order valence-corrected chi connectivity index (χ0v) is 12.6. The quantitative estimate of drug-likeness (QED) is 0.728. The van der Waals surface area contributed by atoms with E-state index in [1.807, 2.05) is 0 Å². The second kappa shape index (κ2) is 6.87. The van der Waals surface area contributed by atoms with E-state index in [9.17, 15) is 8.42 Å². The first-order valence-electron chi connectivity index (χ1n) is 7.06. The molecular weight excluding hydrogens is 248 g/mol. The van der Waals surface area contributed by atoms with Crippen molar-refractivity contribution in [1.29, 1.82) is 0 Å². The van der Waals surface area contributed by atoms with Crippen molar-refractivity contribution >= 4 is 9.84 Å². The largest absolute Gasteiger partial charge is 0.329 e. The number of hydrogen-bond donors (Lipinski definition) is 1. The highest BCUT2D eigenvalue weighted by molar-refractivity contribution is 7.90.